The smallest absolute Gasteiger partial charge is 0.351 e. The highest BCUT2D eigenvalue weighted by Gasteiger charge is 2.17. The monoisotopic (exact) mass is 299 g/mol. The van der Waals surface area contributed by atoms with Gasteiger partial charge in [-0.15, -0.1) is 11.3 Å². The fourth-order valence-corrected chi connectivity index (χ4v) is 2.24. The van der Waals surface area contributed by atoms with Crippen LogP contribution in [-0.4, -0.2) is 21.2 Å². The summed E-state index contributed by atoms with van der Waals surface area (Å²) in [5, 5.41) is 18.6. The van der Waals surface area contributed by atoms with Crippen molar-refractivity contribution in [2.45, 2.75) is 0 Å². The largest absolute Gasteiger partial charge is 0.492 e. The van der Waals surface area contributed by atoms with Crippen molar-refractivity contribution in [1.82, 2.24) is 4.98 Å². The van der Waals surface area contributed by atoms with Crippen molar-refractivity contribution < 1.29 is 15.0 Å². The van der Waals surface area contributed by atoms with Crippen molar-refractivity contribution in [3.8, 4) is 16.5 Å². The Balaban J connectivity index is 2.45. The summed E-state index contributed by atoms with van der Waals surface area (Å²) in [4.78, 5) is 14.4. The average Bonchev–Trinajstić information content (AvgIpc) is 2.61. The lowest BCUT2D eigenvalue weighted by Crippen LogP contribution is -1.91. The van der Waals surface area contributed by atoms with Gasteiger partial charge in [0.05, 0.1) is 0 Å². The lowest BCUT2D eigenvalue weighted by Gasteiger charge is -1.94. The van der Waals surface area contributed by atoms with Crippen LogP contribution in [0.1, 0.15) is 9.67 Å². The van der Waals surface area contributed by atoms with Crippen molar-refractivity contribution in [3.63, 3.8) is 0 Å². The predicted octanol–water partition coefficient (Wildman–Crippen LogP) is 2.98. The third kappa shape index (κ3) is 2.07. The number of hydrogen-bond acceptors (Lipinski definition) is 4. The Hall–Kier alpha value is -1.40. The average molecular weight is 300 g/mol. The van der Waals surface area contributed by atoms with Crippen LogP contribution >= 0.6 is 27.3 Å². The summed E-state index contributed by atoms with van der Waals surface area (Å²) >= 11 is 4.25. The van der Waals surface area contributed by atoms with Crippen LogP contribution in [0.4, 0.5) is 0 Å². The number of halogens is 1. The van der Waals surface area contributed by atoms with E-state index in [0.29, 0.717) is 5.01 Å². The number of thiazole rings is 1. The van der Waals surface area contributed by atoms with Crippen LogP contribution in [0.3, 0.4) is 0 Å². The summed E-state index contributed by atoms with van der Waals surface area (Å²) in [6.07, 6.45) is 0. The van der Waals surface area contributed by atoms with Gasteiger partial charge in [-0.1, -0.05) is 28.1 Å². The number of nitrogens with zero attached hydrogens (tertiary/aromatic N) is 1. The molecule has 0 radical (unpaired) electrons. The lowest BCUT2D eigenvalue weighted by atomic mass is 10.2. The van der Waals surface area contributed by atoms with Gasteiger partial charge in [0.1, 0.15) is 5.01 Å². The normalized spacial score (nSPS) is 10.3. The first-order valence-electron chi connectivity index (χ1n) is 4.27. The Morgan fingerprint density at radius 2 is 1.94 bits per heavy atom. The molecule has 4 nitrogen and oxygen atoms in total. The standard InChI is InChI=1S/C10H6BrNO3S/c11-6-3-1-5(2-4-6)9-12-8(13)7(16-9)10(14)15/h1-4,13H,(H,14,15). The molecule has 0 aliphatic carbocycles. The molecule has 1 heterocycles. The Bertz CT molecular complexity index is 535. The van der Waals surface area contributed by atoms with Crippen LogP contribution in [0.2, 0.25) is 0 Å². The van der Waals surface area contributed by atoms with Gasteiger partial charge in [-0.05, 0) is 12.1 Å². The number of carboxylic acids is 1. The van der Waals surface area contributed by atoms with Crippen LogP contribution < -0.4 is 0 Å². The third-order valence-electron chi connectivity index (χ3n) is 1.89. The molecule has 0 aliphatic heterocycles. The first-order chi connectivity index (χ1) is 7.58. The topological polar surface area (TPSA) is 70.4 Å². The maximum atomic E-state index is 10.7. The molecule has 0 unspecified atom stereocenters. The molecule has 2 aromatic rings. The van der Waals surface area contributed by atoms with E-state index in [1.165, 1.54) is 0 Å². The van der Waals surface area contributed by atoms with Gasteiger partial charge in [0.25, 0.3) is 0 Å². The molecule has 0 aliphatic rings. The molecule has 1 aromatic heterocycles. The van der Waals surface area contributed by atoms with Gasteiger partial charge in [0.15, 0.2) is 4.88 Å². The maximum Gasteiger partial charge on any atom is 0.351 e. The fourth-order valence-electron chi connectivity index (χ4n) is 1.17. The van der Waals surface area contributed by atoms with E-state index in [2.05, 4.69) is 20.9 Å². The molecule has 0 saturated carbocycles. The molecule has 0 spiro atoms. The summed E-state index contributed by atoms with van der Waals surface area (Å²) in [7, 11) is 0. The first kappa shape index (κ1) is 11.1. The number of carbonyl (C=O) groups is 1. The van der Waals surface area contributed by atoms with Crippen molar-refractivity contribution in [3.05, 3.63) is 33.6 Å². The highest BCUT2D eigenvalue weighted by Crippen LogP contribution is 2.32. The zero-order valence-electron chi connectivity index (χ0n) is 7.85. The molecule has 0 atom stereocenters. The first-order valence-corrected chi connectivity index (χ1v) is 5.88. The zero-order valence-corrected chi connectivity index (χ0v) is 10.2. The van der Waals surface area contributed by atoms with Crippen LogP contribution in [0, 0.1) is 0 Å². The van der Waals surface area contributed by atoms with Gasteiger partial charge >= 0.3 is 5.97 Å². The SMILES string of the molecule is O=C(O)c1sc(-c2ccc(Br)cc2)nc1O. The van der Waals surface area contributed by atoms with Gasteiger partial charge in [-0.25, -0.2) is 9.78 Å². The minimum atomic E-state index is -1.17. The second-order valence-corrected chi connectivity index (χ2v) is 4.90. The molecule has 0 bridgehead atoms. The van der Waals surface area contributed by atoms with E-state index in [1.54, 1.807) is 12.1 Å². The van der Waals surface area contributed by atoms with Gasteiger partial charge in [-0.2, -0.15) is 0 Å². The number of aromatic nitrogens is 1. The van der Waals surface area contributed by atoms with Crippen LogP contribution in [0.25, 0.3) is 10.6 Å². The predicted molar refractivity (Wildman–Crippen MR) is 63.9 cm³/mol. The number of rotatable bonds is 2. The molecule has 1 aromatic carbocycles. The number of aromatic hydroxyl groups is 1. The van der Waals surface area contributed by atoms with Crippen LogP contribution in [0.15, 0.2) is 28.7 Å². The second kappa shape index (κ2) is 4.23. The summed E-state index contributed by atoms with van der Waals surface area (Å²) in [6.45, 7) is 0. The van der Waals surface area contributed by atoms with E-state index < -0.39 is 11.8 Å². The molecule has 2 rings (SSSR count). The highest BCUT2D eigenvalue weighted by molar-refractivity contribution is 9.10. The molecule has 0 amide bonds. The molecule has 2 N–H and O–H groups in total. The van der Waals surface area contributed by atoms with Crippen molar-refractivity contribution in [1.29, 1.82) is 0 Å². The van der Waals surface area contributed by atoms with Crippen LogP contribution in [0.5, 0.6) is 5.88 Å². The summed E-state index contributed by atoms with van der Waals surface area (Å²) in [6, 6.07) is 7.25. The van der Waals surface area contributed by atoms with E-state index in [-0.39, 0.29) is 4.88 Å². The van der Waals surface area contributed by atoms with E-state index >= 15 is 0 Å². The van der Waals surface area contributed by atoms with Gasteiger partial charge < -0.3 is 10.2 Å². The minimum absolute atomic E-state index is 0.141. The second-order valence-electron chi connectivity index (χ2n) is 2.98. The van der Waals surface area contributed by atoms with Crippen LogP contribution in [-0.2, 0) is 0 Å². The van der Waals surface area contributed by atoms with E-state index in [9.17, 15) is 9.90 Å². The minimum Gasteiger partial charge on any atom is -0.492 e. The fraction of sp³-hybridized carbons (Fsp3) is 0. The van der Waals surface area contributed by atoms with E-state index in [4.69, 9.17) is 5.11 Å². The Morgan fingerprint density at radius 1 is 1.31 bits per heavy atom. The molecule has 82 valence electrons. The molecule has 0 saturated heterocycles. The van der Waals surface area contributed by atoms with Crippen molar-refractivity contribution in [2.24, 2.45) is 0 Å². The highest BCUT2D eigenvalue weighted by atomic mass is 79.9. The Labute approximate surface area is 103 Å². The quantitative estimate of drug-likeness (QED) is 0.894. The Kier molecular flexibility index (Phi) is 2.93. The lowest BCUT2D eigenvalue weighted by molar-refractivity contribution is 0.0699. The number of carboxylic acid groups (broad SMARTS) is 1. The Morgan fingerprint density at radius 3 is 2.44 bits per heavy atom. The summed E-state index contributed by atoms with van der Waals surface area (Å²) in [5.41, 5.74) is 0.774. The number of hydrogen-bond donors (Lipinski definition) is 2. The number of aromatic carboxylic acids is 1. The molecular weight excluding hydrogens is 294 g/mol. The van der Waals surface area contributed by atoms with Gasteiger partial charge in [-0.3, -0.25) is 0 Å². The molecule has 0 fully saturated rings. The van der Waals surface area contributed by atoms with E-state index in [1.807, 2.05) is 12.1 Å². The van der Waals surface area contributed by atoms with Gasteiger partial charge in [0.2, 0.25) is 5.88 Å². The molecule has 16 heavy (non-hydrogen) atoms. The number of benzene rings is 1. The zero-order chi connectivity index (χ0) is 11.7. The van der Waals surface area contributed by atoms with Crippen molar-refractivity contribution >= 4 is 33.2 Å². The summed E-state index contributed by atoms with van der Waals surface area (Å²) in [5.74, 6) is -1.60. The van der Waals surface area contributed by atoms with Crippen molar-refractivity contribution in [2.75, 3.05) is 0 Å². The molecular formula is C10H6BrNO3S. The maximum absolute atomic E-state index is 10.7. The van der Waals surface area contributed by atoms with E-state index in [0.717, 1.165) is 21.4 Å². The van der Waals surface area contributed by atoms with Gasteiger partial charge in [0, 0.05) is 10.0 Å². The molecule has 6 heteroatoms. The summed E-state index contributed by atoms with van der Waals surface area (Å²) < 4.78 is 0.926. The third-order valence-corrected chi connectivity index (χ3v) is 3.51.